The number of carbonyl (C=O) groups is 1. The second-order valence-corrected chi connectivity index (χ2v) is 5.16. The van der Waals surface area contributed by atoms with Gasteiger partial charge in [0.2, 0.25) is 0 Å². The average molecular weight is 247 g/mol. The Labute approximate surface area is 108 Å². The molecular weight excluding hydrogens is 226 g/mol. The van der Waals surface area contributed by atoms with Crippen LogP contribution in [0, 0.1) is 0 Å². The van der Waals surface area contributed by atoms with Gasteiger partial charge in [-0.05, 0) is 42.9 Å². The lowest BCUT2D eigenvalue weighted by molar-refractivity contribution is -0.146. The van der Waals surface area contributed by atoms with Crippen molar-refractivity contribution < 1.29 is 9.90 Å². The molecule has 0 radical (unpaired) electrons. The summed E-state index contributed by atoms with van der Waals surface area (Å²) in [5.74, 6) is -0.313. The molecule has 1 aliphatic rings. The van der Waals surface area contributed by atoms with Crippen LogP contribution in [0.4, 0.5) is 0 Å². The van der Waals surface area contributed by atoms with Gasteiger partial charge in [0, 0.05) is 0 Å². The Morgan fingerprint density at radius 2 is 2.22 bits per heavy atom. The molecule has 0 saturated carbocycles. The van der Waals surface area contributed by atoms with Crippen LogP contribution in [0.25, 0.3) is 0 Å². The van der Waals surface area contributed by atoms with Crippen molar-refractivity contribution in [2.24, 2.45) is 0 Å². The molecule has 0 spiro atoms. The maximum Gasteiger partial charge on any atom is 0.328 e. The Bertz CT molecular complexity index is 444. The fourth-order valence-electron chi connectivity index (χ4n) is 2.86. The summed E-state index contributed by atoms with van der Waals surface area (Å²) in [7, 11) is 0. The van der Waals surface area contributed by atoms with Crippen LogP contribution >= 0.6 is 0 Å². The van der Waals surface area contributed by atoms with Gasteiger partial charge in [0.05, 0.1) is 0 Å². The summed E-state index contributed by atoms with van der Waals surface area (Å²) in [6.45, 7) is 4.96. The molecular formula is C15H21NO2. The van der Waals surface area contributed by atoms with Gasteiger partial charge in [-0.15, -0.1) is 0 Å². The zero-order valence-electron chi connectivity index (χ0n) is 11.1. The summed E-state index contributed by atoms with van der Waals surface area (Å²) in [5, 5.41) is 12.9. The molecule has 3 nitrogen and oxygen atoms in total. The summed E-state index contributed by atoms with van der Waals surface area (Å²) < 4.78 is 0. The lowest BCUT2D eigenvalue weighted by Crippen LogP contribution is -2.51. The van der Waals surface area contributed by atoms with Crippen molar-refractivity contribution in [1.29, 1.82) is 0 Å². The van der Waals surface area contributed by atoms with E-state index in [-0.39, 0.29) is 0 Å². The molecule has 2 rings (SSSR count). The lowest BCUT2D eigenvalue weighted by Gasteiger charge is -2.38. The first kappa shape index (κ1) is 13.1. The van der Waals surface area contributed by atoms with Gasteiger partial charge < -0.3 is 5.11 Å². The van der Waals surface area contributed by atoms with E-state index in [4.69, 9.17) is 0 Å². The van der Waals surface area contributed by atoms with Crippen LogP contribution in [-0.2, 0) is 10.3 Å². The molecule has 1 aromatic rings. The monoisotopic (exact) mass is 247 g/mol. The molecule has 1 aliphatic carbocycles. The standard InChI is InChI=1S/C15H21NO2/c1-3-10-16-15(14(17)18)9-8-11(2)12-6-4-5-7-13(12)15/h4-7,11,16H,3,8-10H2,1-2H3,(H,17,18). The van der Waals surface area contributed by atoms with E-state index in [1.165, 1.54) is 5.56 Å². The minimum Gasteiger partial charge on any atom is -0.480 e. The third kappa shape index (κ3) is 2.03. The second-order valence-electron chi connectivity index (χ2n) is 5.16. The van der Waals surface area contributed by atoms with E-state index in [1.54, 1.807) is 0 Å². The van der Waals surface area contributed by atoms with Gasteiger partial charge in [-0.25, -0.2) is 4.79 Å². The maximum atomic E-state index is 11.8. The quantitative estimate of drug-likeness (QED) is 0.860. The van der Waals surface area contributed by atoms with Gasteiger partial charge in [0.15, 0.2) is 0 Å². The van der Waals surface area contributed by atoms with E-state index >= 15 is 0 Å². The number of rotatable bonds is 4. The fraction of sp³-hybridized carbons (Fsp3) is 0.533. The molecule has 0 heterocycles. The highest BCUT2D eigenvalue weighted by molar-refractivity contribution is 5.82. The molecule has 0 amide bonds. The Balaban J connectivity index is 2.48. The normalized spacial score (nSPS) is 26.7. The number of hydrogen-bond donors (Lipinski definition) is 2. The van der Waals surface area contributed by atoms with Gasteiger partial charge >= 0.3 is 5.97 Å². The van der Waals surface area contributed by atoms with E-state index in [0.717, 1.165) is 24.9 Å². The molecule has 1 aromatic carbocycles. The number of carboxylic acid groups (broad SMARTS) is 1. The van der Waals surface area contributed by atoms with Gasteiger partial charge in [-0.2, -0.15) is 0 Å². The third-order valence-corrected chi connectivity index (χ3v) is 3.95. The molecule has 3 heteroatoms. The van der Waals surface area contributed by atoms with Gasteiger partial charge in [-0.3, -0.25) is 5.32 Å². The number of aliphatic carboxylic acids is 1. The molecule has 2 N–H and O–H groups in total. The molecule has 2 unspecified atom stereocenters. The largest absolute Gasteiger partial charge is 0.480 e. The van der Waals surface area contributed by atoms with Crippen molar-refractivity contribution in [3.05, 3.63) is 35.4 Å². The van der Waals surface area contributed by atoms with Crippen molar-refractivity contribution in [2.75, 3.05) is 6.54 Å². The summed E-state index contributed by atoms with van der Waals surface area (Å²) in [4.78, 5) is 11.8. The first-order valence-corrected chi connectivity index (χ1v) is 6.69. The van der Waals surface area contributed by atoms with Crippen LogP contribution in [0.1, 0.15) is 50.2 Å². The second kappa shape index (κ2) is 5.11. The van der Waals surface area contributed by atoms with Crippen molar-refractivity contribution in [2.45, 2.75) is 44.6 Å². The number of carboxylic acids is 1. The Kier molecular flexibility index (Phi) is 3.71. The number of nitrogens with one attached hydrogen (secondary N) is 1. The molecule has 0 aliphatic heterocycles. The zero-order chi connectivity index (χ0) is 13.2. The van der Waals surface area contributed by atoms with E-state index < -0.39 is 11.5 Å². The lowest BCUT2D eigenvalue weighted by atomic mass is 9.72. The van der Waals surface area contributed by atoms with Gasteiger partial charge in [0.25, 0.3) is 0 Å². The highest BCUT2D eigenvalue weighted by Gasteiger charge is 2.44. The zero-order valence-corrected chi connectivity index (χ0v) is 11.1. The molecule has 0 fully saturated rings. The van der Waals surface area contributed by atoms with Crippen LogP contribution < -0.4 is 5.32 Å². The number of hydrogen-bond acceptors (Lipinski definition) is 2. The Morgan fingerprint density at radius 1 is 1.50 bits per heavy atom. The van der Waals surface area contributed by atoms with Crippen LogP contribution in [0.15, 0.2) is 24.3 Å². The predicted molar refractivity (Wildman–Crippen MR) is 71.7 cm³/mol. The first-order chi connectivity index (χ1) is 8.62. The summed E-state index contributed by atoms with van der Waals surface area (Å²) in [5.41, 5.74) is 1.23. The predicted octanol–water partition coefficient (Wildman–Crippen LogP) is 2.86. The van der Waals surface area contributed by atoms with E-state index in [0.29, 0.717) is 12.3 Å². The molecule has 98 valence electrons. The van der Waals surface area contributed by atoms with Crippen LogP contribution in [0.3, 0.4) is 0 Å². The highest BCUT2D eigenvalue weighted by Crippen LogP contribution is 2.41. The van der Waals surface area contributed by atoms with E-state index in [9.17, 15) is 9.90 Å². The van der Waals surface area contributed by atoms with Crippen LogP contribution in [0.5, 0.6) is 0 Å². The molecule has 0 bridgehead atoms. The summed E-state index contributed by atoms with van der Waals surface area (Å²) in [6, 6.07) is 7.95. The number of fused-ring (bicyclic) bond motifs is 1. The third-order valence-electron chi connectivity index (χ3n) is 3.95. The van der Waals surface area contributed by atoms with Crippen LogP contribution in [0.2, 0.25) is 0 Å². The topological polar surface area (TPSA) is 49.3 Å². The van der Waals surface area contributed by atoms with Crippen molar-refractivity contribution >= 4 is 5.97 Å². The minimum absolute atomic E-state index is 0.442. The van der Waals surface area contributed by atoms with Gasteiger partial charge in [0.1, 0.15) is 5.54 Å². The maximum absolute atomic E-state index is 11.8. The summed E-state index contributed by atoms with van der Waals surface area (Å²) >= 11 is 0. The fourth-order valence-corrected chi connectivity index (χ4v) is 2.86. The van der Waals surface area contributed by atoms with E-state index in [1.807, 2.05) is 18.2 Å². The molecule has 0 aromatic heterocycles. The summed E-state index contributed by atoms with van der Waals surface area (Å²) in [6.07, 6.45) is 2.52. The molecule has 0 saturated heterocycles. The van der Waals surface area contributed by atoms with Gasteiger partial charge in [-0.1, -0.05) is 38.1 Å². The first-order valence-electron chi connectivity index (χ1n) is 6.69. The van der Waals surface area contributed by atoms with Crippen molar-refractivity contribution in [3.8, 4) is 0 Å². The molecule has 2 atom stereocenters. The SMILES string of the molecule is CCCNC1(C(=O)O)CCC(C)c2ccccc21. The van der Waals surface area contributed by atoms with Crippen molar-refractivity contribution in [1.82, 2.24) is 5.32 Å². The Hall–Kier alpha value is -1.35. The Morgan fingerprint density at radius 3 is 2.89 bits per heavy atom. The average Bonchev–Trinajstić information content (AvgIpc) is 2.38. The molecule has 18 heavy (non-hydrogen) atoms. The van der Waals surface area contributed by atoms with E-state index in [2.05, 4.69) is 25.2 Å². The minimum atomic E-state index is -0.890. The highest BCUT2D eigenvalue weighted by atomic mass is 16.4. The number of benzene rings is 1. The van der Waals surface area contributed by atoms with Crippen LogP contribution in [-0.4, -0.2) is 17.6 Å². The smallest absolute Gasteiger partial charge is 0.328 e. The van der Waals surface area contributed by atoms with Crippen molar-refractivity contribution in [3.63, 3.8) is 0 Å².